The van der Waals surface area contributed by atoms with Gasteiger partial charge in [-0.05, 0) is 37.0 Å². The number of halogens is 4. The van der Waals surface area contributed by atoms with E-state index in [1.807, 2.05) is 0 Å². The van der Waals surface area contributed by atoms with Crippen LogP contribution in [0.2, 0.25) is 10.0 Å². The topological polar surface area (TPSA) is 51.7 Å². The lowest BCUT2D eigenvalue weighted by molar-refractivity contribution is -0.0515. The van der Waals surface area contributed by atoms with Crippen LogP contribution in [0.5, 0.6) is 11.5 Å². The van der Waals surface area contributed by atoms with E-state index in [0.29, 0.717) is 18.2 Å². The molecule has 0 atom stereocenters. The lowest BCUT2D eigenvalue weighted by atomic mass is 10.1. The molecule has 3 rings (SSSR count). The van der Waals surface area contributed by atoms with Gasteiger partial charge in [0.25, 0.3) is 5.91 Å². The Morgan fingerprint density at radius 2 is 1.93 bits per heavy atom. The quantitative estimate of drug-likeness (QED) is 0.633. The molecule has 1 aliphatic rings. The highest BCUT2D eigenvalue weighted by atomic mass is 35.5. The predicted molar refractivity (Wildman–Crippen MR) is 98.3 cm³/mol. The number of ether oxygens (including phenoxy) is 2. The van der Waals surface area contributed by atoms with Gasteiger partial charge in [0.15, 0.2) is 11.5 Å². The zero-order valence-corrected chi connectivity index (χ0v) is 15.8. The maximum Gasteiger partial charge on any atom is 0.387 e. The molecule has 0 bridgehead atoms. The standard InChI is InChI=1S/C18H16Cl2F2N2O3/c1-24(16-12(19)7-23-8-13(16)20)17(25)11-4-5-14(27-18(21)22)15(6-11)26-9-10-2-3-10/h4-8,10,18H,2-3,9H2,1H3. The van der Waals surface area contributed by atoms with E-state index in [4.69, 9.17) is 27.9 Å². The number of hydrogen-bond acceptors (Lipinski definition) is 4. The fraction of sp³-hybridized carbons (Fsp3) is 0.333. The van der Waals surface area contributed by atoms with Gasteiger partial charge in [0.05, 0.1) is 22.3 Å². The van der Waals surface area contributed by atoms with Crippen molar-refractivity contribution in [1.29, 1.82) is 0 Å². The Balaban J connectivity index is 1.87. The number of carbonyl (C=O) groups is 1. The SMILES string of the molecule is CN(C(=O)c1ccc(OC(F)F)c(OCC2CC2)c1)c1c(Cl)cncc1Cl. The maximum absolute atomic E-state index is 12.8. The van der Waals surface area contributed by atoms with Crippen molar-refractivity contribution in [3.8, 4) is 11.5 Å². The summed E-state index contributed by atoms with van der Waals surface area (Å²) in [6, 6.07) is 4.04. The number of benzene rings is 1. The first-order valence-electron chi connectivity index (χ1n) is 8.15. The average Bonchev–Trinajstić information content (AvgIpc) is 3.44. The fourth-order valence-corrected chi connectivity index (χ4v) is 3.08. The monoisotopic (exact) mass is 416 g/mol. The molecule has 1 heterocycles. The molecule has 0 saturated heterocycles. The number of aromatic nitrogens is 1. The zero-order valence-electron chi connectivity index (χ0n) is 14.3. The molecule has 1 aromatic heterocycles. The number of anilines is 1. The van der Waals surface area contributed by atoms with Crippen molar-refractivity contribution in [2.45, 2.75) is 19.5 Å². The van der Waals surface area contributed by atoms with Crippen molar-refractivity contribution in [2.75, 3.05) is 18.6 Å². The smallest absolute Gasteiger partial charge is 0.387 e. The average molecular weight is 417 g/mol. The van der Waals surface area contributed by atoms with Crippen LogP contribution in [-0.4, -0.2) is 31.2 Å². The van der Waals surface area contributed by atoms with E-state index in [-0.39, 0.29) is 27.1 Å². The lowest BCUT2D eigenvalue weighted by Crippen LogP contribution is -2.27. The predicted octanol–water partition coefficient (Wildman–Crippen LogP) is 5.06. The summed E-state index contributed by atoms with van der Waals surface area (Å²) < 4.78 is 35.3. The Morgan fingerprint density at radius 1 is 1.26 bits per heavy atom. The van der Waals surface area contributed by atoms with Crippen molar-refractivity contribution in [3.63, 3.8) is 0 Å². The normalized spacial score (nSPS) is 13.6. The van der Waals surface area contributed by atoms with Crippen LogP contribution < -0.4 is 14.4 Å². The minimum Gasteiger partial charge on any atom is -0.489 e. The zero-order chi connectivity index (χ0) is 19.6. The Kier molecular flexibility index (Phi) is 6.01. The molecule has 1 amide bonds. The van der Waals surface area contributed by atoms with Gasteiger partial charge in [-0.3, -0.25) is 9.78 Å². The van der Waals surface area contributed by atoms with Crippen LogP contribution in [0.4, 0.5) is 14.5 Å². The van der Waals surface area contributed by atoms with Crippen LogP contribution in [0.3, 0.4) is 0 Å². The third-order valence-corrected chi connectivity index (χ3v) is 4.60. The molecule has 0 N–H and O–H groups in total. The van der Waals surface area contributed by atoms with E-state index in [9.17, 15) is 13.6 Å². The molecule has 9 heteroatoms. The van der Waals surface area contributed by atoms with Gasteiger partial charge in [-0.15, -0.1) is 0 Å². The molecule has 27 heavy (non-hydrogen) atoms. The second kappa shape index (κ2) is 8.27. The molecule has 0 unspecified atom stereocenters. The van der Waals surface area contributed by atoms with Crippen LogP contribution >= 0.6 is 23.2 Å². The number of alkyl halides is 2. The van der Waals surface area contributed by atoms with Gasteiger partial charge in [-0.2, -0.15) is 8.78 Å². The van der Waals surface area contributed by atoms with Crippen LogP contribution in [0.1, 0.15) is 23.2 Å². The summed E-state index contributed by atoms with van der Waals surface area (Å²) in [5.74, 6) is -0.0658. The third kappa shape index (κ3) is 4.78. The number of rotatable bonds is 7. The van der Waals surface area contributed by atoms with Crippen molar-refractivity contribution >= 4 is 34.8 Å². The summed E-state index contributed by atoms with van der Waals surface area (Å²) >= 11 is 12.2. The molecule has 144 valence electrons. The molecule has 0 spiro atoms. The Hall–Kier alpha value is -2.12. The second-order valence-corrected chi connectivity index (χ2v) is 6.92. The molecular weight excluding hydrogens is 401 g/mol. The first kappa shape index (κ1) is 19.6. The molecule has 0 radical (unpaired) electrons. The lowest BCUT2D eigenvalue weighted by Gasteiger charge is -2.20. The van der Waals surface area contributed by atoms with Gasteiger partial charge in [0.1, 0.15) is 0 Å². The van der Waals surface area contributed by atoms with E-state index in [0.717, 1.165) is 12.8 Å². The van der Waals surface area contributed by atoms with E-state index in [1.54, 1.807) is 0 Å². The molecule has 0 aliphatic heterocycles. The molecule has 1 aromatic carbocycles. The summed E-state index contributed by atoms with van der Waals surface area (Å²) in [7, 11) is 1.50. The number of nitrogens with zero attached hydrogens (tertiary/aromatic N) is 2. The Morgan fingerprint density at radius 3 is 2.52 bits per heavy atom. The minimum absolute atomic E-state index is 0.0911. The molecule has 1 fully saturated rings. The van der Waals surface area contributed by atoms with E-state index in [1.165, 1.54) is 42.5 Å². The fourth-order valence-electron chi connectivity index (χ4n) is 2.46. The van der Waals surface area contributed by atoms with Gasteiger partial charge in [0, 0.05) is 25.0 Å². The van der Waals surface area contributed by atoms with E-state index < -0.39 is 12.5 Å². The molecular formula is C18H16Cl2F2N2O3. The van der Waals surface area contributed by atoms with Crippen LogP contribution in [-0.2, 0) is 0 Å². The molecule has 2 aromatic rings. The first-order valence-corrected chi connectivity index (χ1v) is 8.91. The summed E-state index contributed by atoms with van der Waals surface area (Å²) in [6.07, 6.45) is 4.81. The van der Waals surface area contributed by atoms with E-state index in [2.05, 4.69) is 9.72 Å². The van der Waals surface area contributed by atoms with Crippen LogP contribution in [0.15, 0.2) is 30.6 Å². The van der Waals surface area contributed by atoms with Crippen molar-refractivity contribution in [2.24, 2.45) is 5.92 Å². The number of amides is 1. The highest BCUT2D eigenvalue weighted by molar-refractivity contribution is 6.39. The van der Waals surface area contributed by atoms with Crippen LogP contribution in [0.25, 0.3) is 0 Å². The van der Waals surface area contributed by atoms with Gasteiger partial charge in [0.2, 0.25) is 0 Å². The molecule has 5 nitrogen and oxygen atoms in total. The van der Waals surface area contributed by atoms with E-state index >= 15 is 0 Å². The van der Waals surface area contributed by atoms with Crippen molar-refractivity contribution in [3.05, 3.63) is 46.2 Å². The highest BCUT2D eigenvalue weighted by Gasteiger charge is 2.25. The summed E-state index contributed by atoms with van der Waals surface area (Å²) in [4.78, 5) is 17.9. The minimum atomic E-state index is -2.99. The van der Waals surface area contributed by atoms with Crippen molar-refractivity contribution < 1.29 is 23.0 Å². The number of carbonyl (C=O) groups excluding carboxylic acids is 1. The Bertz CT molecular complexity index is 827. The highest BCUT2D eigenvalue weighted by Crippen LogP contribution is 2.36. The first-order chi connectivity index (χ1) is 12.9. The number of pyridine rings is 1. The number of hydrogen-bond donors (Lipinski definition) is 0. The Labute approximate surface area is 164 Å². The van der Waals surface area contributed by atoms with Gasteiger partial charge < -0.3 is 14.4 Å². The summed E-state index contributed by atoms with van der Waals surface area (Å²) in [5, 5.41) is 0.419. The third-order valence-electron chi connectivity index (χ3n) is 4.05. The van der Waals surface area contributed by atoms with Gasteiger partial charge in [-0.25, -0.2) is 0 Å². The summed E-state index contributed by atoms with van der Waals surface area (Å²) in [6.45, 7) is -2.61. The van der Waals surface area contributed by atoms with Gasteiger partial charge >= 0.3 is 6.61 Å². The van der Waals surface area contributed by atoms with Crippen molar-refractivity contribution in [1.82, 2.24) is 4.98 Å². The molecule has 1 saturated carbocycles. The molecule has 1 aliphatic carbocycles. The van der Waals surface area contributed by atoms with Crippen LogP contribution in [0, 0.1) is 5.92 Å². The second-order valence-electron chi connectivity index (χ2n) is 6.11. The largest absolute Gasteiger partial charge is 0.489 e. The summed E-state index contributed by atoms with van der Waals surface area (Å²) in [5.41, 5.74) is 0.514. The van der Waals surface area contributed by atoms with Gasteiger partial charge in [-0.1, -0.05) is 23.2 Å². The maximum atomic E-state index is 12.8.